The minimum atomic E-state index is 0.451. The topological polar surface area (TPSA) is 17.1 Å². The first-order valence-corrected chi connectivity index (χ1v) is 6.76. The normalized spacial score (nSPS) is 15.8. The quantitative estimate of drug-likeness (QED) is 0.748. The molecule has 2 heteroatoms. The molecule has 0 spiro atoms. The van der Waals surface area contributed by atoms with E-state index in [1.54, 1.807) is 11.3 Å². The third-order valence-corrected chi connectivity index (χ3v) is 3.44. The lowest BCUT2D eigenvalue weighted by Crippen LogP contribution is -2.03. The van der Waals surface area contributed by atoms with Gasteiger partial charge in [0, 0.05) is 12.8 Å². The first-order valence-electron chi connectivity index (χ1n) is 5.81. The first kappa shape index (κ1) is 12.4. The fraction of sp³-hybridized carbons (Fsp3) is 0.615. The van der Waals surface area contributed by atoms with Crippen LogP contribution in [0.3, 0.4) is 0 Å². The van der Waals surface area contributed by atoms with Gasteiger partial charge in [-0.15, -0.1) is 0 Å². The Balaban J connectivity index is 0.000000187. The highest BCUT2D eigenvalue weighted by Crippen LogP contribution is 2.27. The van der Waals surface area contributed by atoms with Gasteiger partial charge in [-0.3, -0.25) is 4.79 Å². The Morgan fingerprint density at radius 3 is 2.27 bits per heavy atom. The molecule has 2 rings (SSSR count). The van der Waals surface area contributed by atoms with Gasteiger partial charge in [0.05, 0.1) is 0 Å². The number of carbonyl (C=O) groups excluding carboxylic acids is 1. The third-order valence-electron chi connectivity index (χ3n) is 2.81. The highest BCUT2D eigenvalue weighted by molar-refractivity contribution is 7.07. The zero-order valence-corrected chi connectivity index (χ0v) is 10.3. The molecule has 0 radical (unpaired) electrons. The number of carbonyl (C=O) groups is 1. The van der Waals surface area contributed by atoms with Crippen LogP contribution in [0, 0.1) is 5.92 Å². The number of rotatable bonds is 3. The fourth-order valence-corrected chi connectivity index (χ4v) is 2.36. The summed E-state index contributed by atoms with van der Waals surface area (Å²) in [4.78, 5) is 11.0. The van der Waals surface area contributed by atoms with E-state index in [-0.39, 0.29) is 0 Å². The lowest BCUT2D eigenvalue weighted by Gasteiger charge is -2.04. The zero-order chi connectivity index (χ0) is 10.9. The van der Waals surface area contributed by atoms with Crippen molar-refractivity contribution in [2.45, 2.75) is 45.4 Å². The lowest BCUT2D eigenvalue weighted by atomic mass is 10.0. The number of thiophene rings is 1. The Labute approximate surface area is 96.5 Å². The van der Waals surface area contributed by atoms with E-state index < -0.39 is 0 Å². The SMILES string of the molecule is CCC(=O)CC1CCCC1.c1ccsc1. The van der Waals surface area contributed by atoms with E-state index in [0.29, 0.717) is 5.78 Å². The van der Waals surface area contributed by atoms with Crippen molar-refractivity contribution in [3.8, 4) is 0 Å². The lowest BCUT2D eigenvalue weighted by molar-refractivity contribution is -0.119. The van der Waals surface area contributed by atoms with Crippen LogP contribution >= 0.6 is 11.3 Å². The van der Waals surface area contributed by atoms with Gasteiger partial charge >= 0.3 is 0 Å². The highest BCUT2D eigenvalue weighted by atomic mass is 32.1. The monoisotopic (exact) mass is 224 g/mol. The molecular formula is C13H20OS. The first-order chi connectivity index (χ1) is 7.33. The molecule has 15 heavy (non-hydrogen) atoms. The molecule has 1 aromatic heterocycles. The molecule has 0 aromatic carbocycles. The summed E-state index contributed by atoms with van der Waals surface area (Å²) in [5, 5.41) is 4.08. The summed E-state index contributed by atoms with van der Waals surface area (Å²) < 4.78 is 0. The maximum absolute atomic E-state index is 11.0. The summed E-state index contributed by atoms with van der Waals surface area (Å²) in [7, 11) is 0. The van der Waals surface area contributed by atoms with Crippen LogP contribution in [0.2, 0.25) is 0 Å². The van der Waals surface area contributed by atoms with Gasteiger partial charge in [-0.05, 0) is 16.7 Å². The summed E-state index contributed by atoms with van der Waals surface area (Å²) in [5.41, 5.74) is 0. The molecule has 0 atom stereocenters. The van der Waals surface area contributed by atoms with Crippen molar-refractivity contribution in [1.82, 2.24) is 0 Å². The maximum atomic E-state index is 11.0. The Morgan fingerprint density at radius 1 is 1.27 bits per heavy atom. The van der Waals surface area contributed by atoms with E-state index in [2.05, 4.69) is 0 Å². The van der Waals surface area contributed by atoms with Crippen molar-refractivity contribution in [3.63, 3.8) is 0 Å². The van der Waals surface area contributed by atoms with Gasteiger partial charge in [-0.2, -0.15) is 11.3 Å². The largest absolute Gasteiger partial charge is 0.300 e. The van der Waals surface area contributed by atoms with E-state index in [1.165, 1.54) is 25.7 Å². The molecule has 0 bridgehead atoms. The number of Topliss-reactive ketones (excluding diaryl/α,β-unsaturated/α-hetero) is 1. The Bertz CT molecular complexity index is 230. The van der Waals surface area contributed by atoms with Crippen LogP contribution in [0.4, 0.5) is 0 Å². The summed E-state index contributed by atoms with van der Waals surface area (Å²) >= 11 is 1.71. The zero-order valence-electron chi connectivity index (χ0n) is 9.45. The van der Waals surface area contributed by atoms with Crippen LogP contribution in [0.1, 0.15) is 45.4 Å². The summed E-state index contributed by atoms with van der Waals surface area (Å²) in [6.07, 6.45) is 6.88. The van der Waals surface area contributed by atoms with Crippen molar-refractivity contribution in [2.75, 3.05) is 0 Å². The smallest absolute Gasteiger partial charge is 0.132 e. The Kier molecular flexibility index (Phi) is 6.33. The minimum Gasteiger partial charge on any atom is -0.300 e. The second-order valence-electron chi connectivity index (χ2n) is 4.04. The Hall–Kier alpha value is -0.630. The molecule has 1 heterocycles. The molecule has 1 nitrogen and oxygen atoms in total. The van der Waals surface area contributed by atoms with Gasteiger partial charge in [0.2, 0.25) is 0 Å². The standard InChI is InChI=1S/C9H16O.C4H4S/c1-2-9(10)7-8-5-3-4-6-8;1-2-4-5-3-1/h8H,2-7H2,1H3;1-4H. The average molecular weight is 224 g/mol. The van der Waals surface area contributed by atoms with Crippen molar-refractivity contribution in [2.24, 2.45) is 5.92 Å². The third kappa shape index (κ3) is 5.73. The average Bonchev–Trinajstić information content (AvgIpc) is 2.92. The molecule has 0 unspecified atom stereocenters. The molecule has 0 amide bonds. The van der Waals surface area contributed by atoms with E-state index in [0.717, 1.165) is 18.8 Å². The van der Waals surface area contributed by atoms with Crippen LogP contribution in [0.15, 0.2) is 22.9 Å². The van der Waals surface area contributed by atoms with Gasteiger partial charge in [0.1, 0.15) is 5.78 Å². The van der Waals surface area contributed by atoms with Crippen molar-refractivity contribution in [3.05, 3.63) is 22.9 Å². The predicted molar refractivity (Wildman–Crippen MR) is 66.2 cm³/mol. The summed E-state index contributed by atoms with van der Waals surface area (Å²) in [6, 6.07) is 4.04. The molecule has 1 fully saturated rings. The molecule has 1 aliphatic rings. The second kappa shape index (κ2) is 7.63. The van der Waals surface area contributed by atoms with Crippen LogP contribution in [0.5, 0.6) is 0 Å². The summed E-state index contributed by atoms with van der Waals surface area (Å²) in [5.74, 6) is 1.19. The van der Waals surface area contributed by atoms with Crippen molar-refractivity contribution >= 4 is 17.1 Å². The fourth-order valence-electron chi connectivity index (χ4n) is 1.91. The van der Waals surface area contributed by atoms with Gasteiger partial charge in [0.25, 0.3) is 0 Å². The van der Waals surface area contributed by atoms with E-state index in [4.69, 9.17) is 0 Å². The van der Waals surface area contributed by atoms with Gasteiger partial charge in [-0.25, -0.2) is 0 Å². The maximum Gasteiger partial charge on any atom is 0.132 e. The molecular weight excluding hydrogens is 204 g/mol. The second-order valence-corrected chi connectivity index (χ2v) is 4.86. The van der Waals surface area contributed by atoms with E-state index in [9.17, 15) is 4.79 Å². The van der Waals surface area contributed by atoms with Crippen LogP contribution in [-0.2, 0) is 4.79 Å². The van der Waals surface area contributed by atoms with Crippen LogP contribution in [0.25, 0.3) is 0 Å². The molecule has 84 valence electrons. The van der Waals surface area contributed by atoms with Crippen LogP contribution < -0.4 is 0 Å². The molecule has 0 aliphatic heterocycles. The van der Waals surface area contributed by atoms with E-state index in [1.807, 2.05) is 29.8 Å². The highest BCUT2D eigenvalue weighted by Gasteiger charge is 2.16. The van der Waals surface area contributed by atoms with Crippen molar-refractivity contribution in [1.29, 1.82) is 0 Å². The van der Waals surface area contributed by atoms with Gasteiger partial charge < -0.3 is 0 Å². The van der Waals surface area contributed by atoms with Gasteiger partial charge in [-0.1, -0.05) is 44.7 Å². The molecule has 1 aromatic rings. The molecule has 1 aliphatic carbocycles. The molecule has 0 N–H and O–H groups in total. The van der Waals surface area contributed by atoms with Crippen molar-refractivity contribution < 1.29 is 4.79 Å². The predicted octanol–water partition coefficient (Wildman–Crippen LogP) is 4.29. The number of hydrogen-bond donors (Lipinski definition) is 0. The number of ketones is 1. The minimum absolute atomic E-state index is 0.451. The Morgan fingerprint density at radius 2 is 1.87 bits per heavy atom. The van der Waals surface area contributed by atoms with Crippen LogP contribution in [-0.4, -0.2) is 5.78 Å². The summed E-state index contributed by atoms with van der Waals surface area (Å²) in [6.45, 7) is 1.96. The van der Waals surface area contributed by atoms with E-state index >= 15 is 0 Å². The molecule has 0 saturated heterocycles. The van der Waals surface area contributed by atoms with Gasteiger partial charge in [0.15, 0.2) is 0 Å². The molecule has 1 saturated carbocycles. The number of hydrogen-bond acceptors (Lipinski definition) is 2.